The first kappa shape index (κ1) is 15.7. The summed E-state index contributed by atoms with van der Waals surface area (Å²) >= 11 is 3.23. The van der Waals surface area contributed by atoms with E-state index >= 15 is 0 Å². The van der Waals surface area contributed by atoms with Gasteiger partial charge in [-0.1, -0.05) is 46.3 Å². The second kappa shape index (κ2) is 6.36. The Morgan fingerprint density at radius 2 is 1.62 bits per heavy atom. The maximum absolute atomic E-state index is 12.7. The summed E-state index contributed by atoms with van der Waals surface area (Å²) in [5, 5.41) is 9.65. The molecule has 5 nitrogen and oxygen atoms in total. The second-order valence-corrected chi connectivity index (χ2v) is 7.46. The van der Waals surface area contributed by atoms with Crippen LogP contribution < -0.4 is 0 Å². The summed E-state index contributed by atoms with van der Waals surface area (Å²) in [4.78, 5) is 10.3. The lowest BCUT2D eigenvalue weighted by Gasteiger charge is -2.14. The van der Waals surface area contributed by atoms with Crippen LogP contribution in [0.3, 0.4) is 0 Å². The number of benzene rings is 2. The Kier molecular flexibility index (Phi) is 4.74. The molecule has 0 bridgehead atoms. The molecule has 7 heteroatoms. The molecule has 0 radical (unpaired) electrons. The lowest BCUT2D eigenvalue weighted by atomic mass is 10.1. The first-order chi connectivity index (χ1) is 9.91. The van der Waals surface area contributed by atoms with Gasteiger partial charge in [-0.05, 0) is 29.8 Å². The maximum atomic E-state index is 12.7. The smallest absolute Gasteiger partial charge is 0.225 e. The van der Waals surface area contributed by atoms with Crippen LogP contribution in [-0.4, -0.2) is 19.9 Å². The van der Waals surface area contributed by atoms with Crippen molar-refractivity contribution in [2.24, 2.45) is 0 Å². The van der Waals surface area contributed by atoms with E-state index < -0.39 is 26.6 Å². The SMILES string of the molecule is O=[N+]([O-])CC(c1ccccc1)S(=O)(=O)c1ccc(Br)cc1. The Bertz CT molecular complexity index is 729. The van der Waals surface area contributed by atoms with Crippen LogP contribution in [0.25, 0.3) is 0 Å². The van der Waals surface area contributed by atoms with Crippen LogP contribution >= 0.6 is 15.9 Å². The van der Waals surface area contributed by atoms with Crippen molar-refractivity contribution in [2.75, 3.05) is 6.54 Å². The van der Waals surface area contributed by atoms with Gasteiger partial charge in [-0.3, -0.25) is 10.1 Å². The highest BCUT2D eigenvalue weighted by Crippen LogP contribution is 2.29. The molecule has 0 fully saturated rings. The number of nitro groups is 1. The summed E-state index contributed by atoms with van der Waals surface area (Å²) in [6.07, 6.45) is 0. The van der Waals surface area contributed by atoms with Gasteiger partial charge in [0.1, 0.15) is 0 Å². The average molecular weight is 370 g/mol. The van der Waals surface area contributed by atoms with Crippen LogP contribution in [0.5, 0.6) is 0 Å². The molecule has 21 heavy (non-hydrogen) atoms. The van der Waals surface area contributed by atoms with Crippen molar-refractivity contribution in [1.29, 1.82) is 0 Å². The molecular weight excluding hydrogens is 358 g/mol. The number of hydrogen-bond acceptors (Lipinski definition) is 4. The summed E-state index contributed by atoms with van der Waals surface area (Å²) in [6, 6.07) is 14.3. The van der Waals surface area contributed by atoms with Crippen molar-refractivity contribution < 1.29 is 13.3 Å². The molecule has 2 rings (SSSR count). The van der Waals surface area contributed by atoms with Crippen molar-refractivity contribution in [3.05, 3.63) is 74.7 Å². The predicted octanol–water partition coefficient (Wildman–Crippen LogP) is 3.24. The molecule has 2 aromatic carbocycles. The lowest BCUT2D eigenvalue weighted by Crippen LogP contribution is -2.22. The van der Waals surface area contributed by atoms with Crippen LogP contribution in [0.4, 0.5) is 0 Å². The molecule has 0 saturated carbocycles. The third kappa shape index (κ3) is 3.68. The number of sulfone groups is 1. The molecule has 0 aliphatic heterocycles. The summed E-state index contributed by atoms with van der Waals surface area (Å²) in [7, 11) is -3.83. The van der Waals surface area contributed by atoms with Crippen molar-refractivity contribution in [1.82, 2.24) is 0 Å². The lowest BCUT2D eigenvalue weighted by molar-refractivity contribution is -0.479. The fourth-order valence-electron chi connectivity index (χ4n) is 1.97. The fourth-order valence-corrected chi connectivity index (χ4v) is 3.92. The van der Waals surface area contributed by atoms with Gasteiger partial charge in [0.05, 0.1) is 4.90 Å². The third-order valence-corrected chi connectivity index (χ3v) is 5.63. The Morgan fingerprint density at radius 1 is 1.05 bits per heavy atom. The van der Waals surface area contributed by atoms with Gasteiger partial charge in [0.25, 0.3) is 0 Å². The quantitative estimate of drug-likeness (QED) is 0.598. The number of halogens is 1. The number of hydrogen-bond donors (Lipinski definition) is 0. The predicted molar refractivity (Wildman–Crippen MR) is 82.4 cm³/mol. The van der Waals surface area contributed by atoms with Crippen LogP contribution in [-0.2, 0) is 9.84 Å². The van der Waals surface area contributed by atoms with Crippen LogP contribution in [0, 0.1) is 10.1 Å². The zero-order valence-electron chi connectivity index (χ0n) is 10.8. The van der Waals surface area contributed by atoms with Gasteiger partial charge in [0.2, 0.25) is 6.54 Å². The van der Waals surface area contributed by atoms with E-state index in [1.165, 1.54) is 12.1 Å². The highest BCUT2D eigenvalue weighted by molar-refractivity contribution is 9.10. The minimum absolute atomic E-state index is 0.0707. The van der Waals surface area contributed by atoms with Gasteiger partial charge in [-0.2, -0.15) is 0 Å². The van der Waals surface area contributed by atoms with Crippen molar-refractivity contribution >= 4 is 25.8 Å². The van der Waals surface area contributed by atoms with E-state index in [0.29, 0.717) is 5.56 Å². The van der Waals surface area contributed by atoms with Gasteiger partial charge in [0, 0.05) is 9.40 Å². The molecule has 0 N–H and O–H groups in total. The average Bonchev–Trinajstić information content (AvgIpc) is 2.46. The Morgan fingerprint density at radius 3 is 2.14 bits per heavy atom. The largest absolute Gasteiger partial charge is 0.264 e. The normalized spacial score (nSPS) is 12.8. The summed E-state index contributed by atoms with van der Waals surface area (Å²) < 4.78 is 26.1. The van der Waals surface area contributed by atoms with E-state index in [-0.39, 0.29) is 4.90 Å². The standard InChI is InChI=1S/C14H12BrNO4S/c15-12-6-8-13(9-7-12)21(19,20)14(10-16(17)18)11-4-2-1-3-5-11/h1-9,14H,10H2. The van der Waals surface area contributed by atoms with Crippen molar-refractivity contribution in [3.8, 4) is 0 Å². The van der Waals surface area contributed by atoms with E-state index in [4.69, 9.17) is 0 Å². The molecule has 0 saturated heterocycles. The van der Waals surface area contributed by atoms with E-state index in [2.05, 4.69) is 15.9 Å². The van der Waals surface area contributed by atoms with E-state index in [0.717, 1.165) is 4.47 Å². The van der Waals surface area contributed by atoms with Gasteiger partial charge in [-0.15, -0.1) is 0 Å². The summed E-state index contributed by atoms with van der Waals surface area (Å²) in [5.41, 5.74) is 0.414. The van der Waals surface area contributed by atoms with Crippen molar-refractivity contribution in [2.45, 2.75) is 10.1 Å². The van der Waals surface area contributed by atoms with Crippen LogP contribution in [0.2, 0.25) is 0 Å². The topological polar surface area (TPSA) is 77.3 Å². The summed E-state index contributed by atoms with van der Waals surface area (Å²) in [5.74, 6) is 0. The van der Waals surface area contributed by atoms with Crippen LogP contribution in [0.1, 0.15) is 10.8 Å². The second-order valence-electron chi connectivity index (χ2n) is 4.41. The highest BCUT2D eigenvalue weighted by Gasteiger charge is 2.33. The Labute approximate surface area is 130 Å². The molecule has 0 amide bonds. The zero-order valence-corrected chi connectivity index (χ0v) is 13.2. The van der Waals surface area contributed by atoms with Crippen LogP contribution in [0.15, 0.2) is 64.0 Å². The molecule has 0 aliphatic carbocycles. The minimum Gasteiger partial charge on any atom is -0.264 e. The molecule has 110 valence electrons. The maximum Gasteiger partial charge on any atom is 0.225 e. The van der Waals surface area contributed by atoms with E-state index in [1.54, 1.807) is 42.5 Å². The molecule has 1 unspecified atom stereocenters. The summed E-state index contributed by atoms with van der Waals surface area (Å²) in [6.45, 7) is -0.664. The molecular formula is C14H12BrNO4S. The molecule has 0 aliphatic rings. The molecule has 0 heterocycles. The first-order valence-electron chi connectivity index (χ1n) is 6.07. The highest BCUT2D eigenvalue weighted by atomic mass is 79.9. The fraction of sp³-hybridized carbons (Fsp3) is 0.143. The van der Waals surface area contributed by atoms with Crippen molar-refractivity contribution in [3.63, 3.8) is 0 Å². The number of nitrogens with zero attached hydrogens (tertiary/aromatic N) is 1. The molecule has 1 atom stereocenters. The van der Waals surface area contributed by atoms with Gasteiger partial charge < -0.3 is 0 Å². The van der Waals surface area contributed by atoms with E-state index in [1.807, 2.05) is 0 Å². The molecule has 0 spiro atoms. The molecule has 2 aromatic rings. The first-order valence-corrected chi connectivity index (χ1v) is 8.41. The van der Waals surface area contributed by atoms with Gasteiger partial charge in [-0.25, -0.2) is 8.42 Å². The minimum atomic E-state index is -3.83. The Balaban J connectivity index is 2.49. The zero-order chi connectivity index (χ0) is 15.5. The molecule has 0 aromatic heterocycles. The van der Waals surface area contributed by atoms with Gasteiger partial charge >= 0.3 is 0 Å². The monoisotopic (exact) mass is 369 g/mol. The van der Waals surface area contributed by atoms with Gasteiger partial charge in [0.15, 0.2) is 15.1 Å². The van der Waals surface area contributed by atoms with E-state index in [9.17, 15) is 18.5 Å². The Hall–Kier alpha value is -1.73. The number of rotatable bonds is 5. The third-order valence-electron chi connectivity index (χ3n) is 3.00.